The molecule has 160 valence electrons. The van der Waals surface area contributed by atoms with Gasteiger partial charge in [0.05, 0.1) is 5.75 Å². The fourth-order valence-electron chi connectivity index (χ4n) is 2.86. The molecule has 0 spiro atoms. The number of nitrogens with one attached hydrogen (secondary N) is 3. The number of rotatable bonds is 10. The Bertz CT molecular complexity index is 988. The second kappa shape index (κ2) is 10.2. The van der Waals surface area contributed by atoms with E-state index in [0.29, 0.717) is 41.8 Å². The van der Waals surface area contributed by atoms with Crippen LogP contribution in [0, 0.1) is 0 Å². The molecule has 0 fully saturated rings. The highest BCUT2D eigenvalue weighted by molar-refractivity contribution is 7.99. The van der Waals surface area contributed by atoms with Gasteiger partial charge in [0, 0.05) is 18.8 Å². The Morgan fingerprint density at radius 1 is 1.07 bits per heavy atom. The van der Waals surface area contributed by atoms with Crippen molar-refractivity contribution in [3.63, 3.8) is 0 Å². The first-order valence-corrected chi connectivity index (χ1v) is 11.2. The normalized spacial score (nSPS) is 12.0. The zero-order valence-electron chi connectivity index (χ0n) is 17.8. The first-order valence-electron chi connectivity index (χ1n) is 10.2. The van der Waals surface area contributed by atoms with E-state index in [-0.39, 0.29) is 11.7 Å². The molecule has 1 atom stereocenters. The van der Waals surface area contributed by atoms with Crippen LogP contribution in [0.25, 0.3) is 5.78 Å². The molecule has 3 N–H and O–H groups in total. The Labute approximate surface area is 180 Å². The number of benzene rings is 1. The Morgan fingerprint density at radius 2 is 1.80 bits per heavy atom. The minimum absolute atomic E-state index is 0.108. The van der Waals surface area contributed by atoms with Gasteiger partial charge in [-0.25, -0.2) is 4.40 Å². The van der Waals surface area contributed by atoms with Gasteiger partial charge in [-0.05, 0) is 43.9 Å². The van der Waals surface area contributed by atoms with Gasteiger partial charge in [-0.1, -0.05) is 37.7 Å². The van der Waals surface area contributed by atoms with Gasteiger partial charge in [0.15, 0.2) is 5.16 Å². The number of amides is 1. The van der Waals surface area contributed by atoms with Crippen LogP contribution >= 0.6 is 11.8 Å². The Balaban J connectivity index is 1.68. The lowest BCUT2D eigenvalue weighted by Gasteiger charge is -2.11. The van der Waals surface area contributed by atoms with Crippen molar-refractivity contribution in [1.29, 1.82) is 0 Å². The molecule has 1 amide bonds. The molecule has 0 saturated heterocycles. The summed E-state index contributed by atoms with van der Waals surface area (Å²) >= 11 is 1.29. The summed E-state index contributed by atoms with van der Waals surface area (Å²) in [6.45, 7) is 9.71. The van der Waals surface area contributed by atoms with Gasteiger partial charge in [-0.2, -0.15) is 9.97 Å². The molecule has 3 rings (SSSR count). The molecule has 0 aliphatic heterocycles. The highest BCUT2D eigenvalue weighted by Gasteiger charge is 2.16. The fourth-order valence-corrected chi connectivity index (χ4v) is 3.58. The number of hydrogen-bond donors (Lipinski definition) is 3. The van der Waals surface area contributed by atoms with Gasteiger partial charge in [0.1, 0.15) is 0 Å². The molecule has 3 aromatic rings. The van der Waals surface area contributed by atoms with E-state index < -0.39 is 0 Å². The summed E-state index contributed by atoms with van der Waals surface area (Å²) in [5, 5.41) is 18.1. The Hall–Kier alpha value is -2.88. The minimum atomic E-state index is -0.108. The Kier molecular flexibility index (Phi) is 7.45. The number of thioether (sulfide) groups is 1. The highest BCUT2D eigenvalue weighted by atomic mass is 32.2. The van der Waals surface area contributed by atoms with Crippen LogP contribution in [0.4, 0.5) is 17.6 Å². The maximum atomic E-state index is 12.4. The van der Waals surface area contributed by atoms with E-state index >= 15 is 0 Å². The molecule has 1 aromatic carbocycles. The quantitative estimate of drug-likeness (QED) is 0.420. The molecule has 9 nitrogen and oxygen atoms in total. The predicted molar refractivity (Wildman–Crippen MR) is 121 cm³/mol. The summed E-state index contributed by atoms with van der Waals surface area (Å²) in [6, 6.07) is 8.00. The third kappa shape index (κ3) is 5.18. The number of carbonyl (C=O) groups is 1. The van der Waals surface area contributed by atoms with Crippen molar-refractivity contribution in [3.8, 4) is 0 Å². The largest absolute Gasteiger partial charge is 0.355 e. The lowest BCUT2D eigenvalue weighted by molar-refractivity contribution is -0.113. The monoisotopic (exact) mass is 428 g/mol. The SMILES string of the molecule is CCNc1nc(NCC)n2c(SCC(=O)Nc3ccc([C@@H](C)CC)cc3)nnc2n1. The van der Waals surface area contributed by atoms with Crippen LogP contribution in [-0.4, -0.2) is 49.3 Å². The first kappa shape index (κ1) is 21.8. The van der Waals surface area contributed by atoms with Crippen molar-refractivity contribution < 1.29 is 4.79 Å². The van der Waals surface area contributed by atoms with E-state index in [0.717, 1.165) is 12.1 Å². The van der Waals surface area contributed by atoms with Crippen molar-refractivity contribution >= 4 is 41.0 Å². The summed E-state index contributed by atoms with van der Waals surface area (Å²) in [6.07, 6.45) is 1.09. The summed E-state index contributed by atoms with van der Waals surface area (Å²) in [4.78, 5) is 21.3. The van der Waals surface area contributed by atoms with Crippen LogP contribution in [0.15, 0.2) is 29.4 Å². The Morgan fingerprint density at radius 3 is 2.47 bits per heavy atom. The van der Waals surface area contributed by atoms with Gasteiger partial charge in [0.25, 0.3) is 5.78 Å². The lowest BCUT2D eigenvalue weighted by Crippen LogP contribution is -2.15. The summed E-state index contributed by atoms with van der Waals surface area (Å²) < 4.78 is 1.73. The molecule has 0 saturated carbocycles. The van der Waals surface area contributed by atoms with Gasteiger partial charge in [-0.15, -0.1) is 10.2 Å². The van der Waals surface area contributed by atoms with Gasteiger partial charge < -0.3 is 16.0 Å². The second-order valence-corrected chi connectivity index (χ2v) is 7.76. The molecule has 0 aliphatic carbocycles. The average Bonchev–Trinajstić information content (AvgIpc) is 3.16. The van der Waals surface area contributed by atoms with Crippen molar-refractivity contribution in [2.75, 3.05) is 34.8 Å². The fraction of sp³-hybridized carbons (Fsp3) is 0.450. The molecule has 0 unspecified atom stereocenters. The van der Waals surface area contributed by atoms with E-state index in [1.807, 2.05) is 26.0 Å². The number of fused-ring (bicyclic) bond motifs is 1. The number of hydrogen-bond acceptors (Lipinski definition) is 8. The van der Waals surface area contributed by atoms with Crippen molar-refractivity contribution in [3.05, 3.63) is 29.8 Å². The first-order chi connectivity index (χ1) is 14.5. The van der Waals surface area contributed by atoms with Crippen molar-refractivity contribution in [2.45, 2.75) is 45.2 Å². The summed E-state index contributed by atoms with van der Waals surface area (Å²) in [7, 11) is 0. The standard InChI is InChI=1S/C20H28N8OS/c1-5-13(4)14-8-10-15(11-9-14)23-16(29)12-30-20-27-26-19-25-17(21-6-2)24-18(22-7-3)28(19)20/h8-11,13H,5-7,12H2,1-4H3,(H,23,29)(H2,21,22,24,25,26)/t13-/m0/s1. The van der Waals surface area contributed by atoms with Gasteiger partial charge >= 0.3 is 0 Å². The molecular formula is C20H28N8OS. The zero-order chi connectivity index (χ0) is 21.5. The molecule has 0 radical (unpaired) electrons. The lowest BCUT2D eigenvalue weighted by atomic mass is 9.99. The van der Waals surface area contributed by atoms with Gasteiger partial charge in [0.2, 0.25) is 17.8 Å². The van der Waals surface area contributed by atoms with E-state index in [1.165, 1.54) is 17.3 Å². The van der Waals surface area contributed by atoms with E-state index in [9.17, 15) is 4.79 Å². The van der Waals surface area contributed by atoms with E-state index in [4.69, 9.17) is 0 Å². The number of aromatic nitrogens is 5. The summed E-state index contributed by atoms with van der Waals surface area (Å²) in [5.74, 6) is 2.11. The summed E-state index contributed by atoms with van der Waals surface area (Å²) in [5.41, 5.74) is 2.05. The van der Waals surface area contributed by atoms with Crippen LogP contribution in [0.1, 0.15) is 45.6 Å². The minimum Gasteiger partial charge on any atom is -0.355 e. The number of anilines is 3. The molecule has 2 heterocycles. The van der Waals surface area contributed by atoms with Crippen molar-refractivity contribution in [2.24, 2.45) is 0 Å². The highest BCUT2D eigenvalue weighted by Crippen LogP contribution is 2.23. The third-order valence-electron chi connectivity index (χ3n) is 4.62. The average molecular weight is 429 g/mol. The third-order valence-corrected chi connectivity index (χ3v) is 5.55. The van der Waals surface area contributed by atoms with Crippen molar-refractivity contribution in [1.82, 2.24) is 24.6 Å². The number of carbonyl (C=O) groups excluding carboxylic acids is 1. The van der Waals surface area contributed by atoms with Crippen LogP contribution in [0.5, 0.6) is 0 Å². The molecular weight excluding hydrogens is 400 g/mol. The topological polar surface area (TPSA) is 109 Å². The van der Waals surface area contributed by atoms with Crippen LogP contribution < -0.4 is 16.0 Å². The molecule has 0 aliphatic rings. The molecule has 10 heteroatoms. The molecule has 2 aromatic heterocycles. The second-order valence-electron chi connectivity index (χ2n) is 6.82. The van der Waals surface area contributed by atoms with E-state index in [2.05, 4.69) is 62.1 Å². The van der Waals surface area contributed by atoms with Crippen LogP contribution in [0.3, 0.4) is 0 Å². The predicted octanol–water partition coefficient (Wildman–Crippen LogP) is 3.63. The zero-order valence-corrected chi connectivity index (χ0v) is 18.6. The maximum absolute atomic E-state index is 12.4. The smallest absolute Gasteiger partial charge is 0.261 e. The maximum Gasteiger partial charge on any atom is 0.261 e. The van der Waals surface area contributed by atoms with Gasteiger partial charge in [-0.3, -0.25) is 4.79 Å². The molecule has 30 heavy (non-hydrogen) atoms. The van der Waals surface area contributed by atoms with Crippen LogP contribution in [0.2, 0.25) is 0 Å². The molecule has 0 bridgehead atoms. The number of nitrogens with zero attached hydrogens (tertiary/aromatic N) is 5. The van der Waals surface area contributed by atoms with E-state index in [1.54, 1.807) is 4.40 Å². The van der Waals surface area contributed by atoms with Crippen LogP contribution in [-0.2, 0) is 4.79 Å².